The summed E-state index contributed by atoms with van der Waals surface area (Å²) in [5, 5.41) is 6.76. The van der Waals surface area contributed by atoms with Gasteiger partial charge in [0.05, 0.1) is 18.5 Å². The summed E-state index contributed by atoms with van der Waals surface area (Å²) in [6, 6.07) is 26.5. The molecule has 3 aromatic carbocycles. The molecule has 5 heteroatoms. The third-order valence-corrected chi connectivity index (χ3v) is 6.34. The number of pyridine rings is 1. The molecule has 2 aromatic heterocycles. The molecule has 0 amide bonds. The van der Waals surface area contributed by atoms with Crippen LogP contribution >= 0.6 is 11.6 Å². The van der Waals surface area contributed by atoms with Crippen LogP contribution in [0.25, 0.3) is 39.2 Å². The molecule has 32 heavy (non-hydrogen) atoms. The monoisotopic (exact) mass is 437 g/mol. The molecule has 0 aliphatic heterocycles. The topological polar surface area (TPSA) is 39.9 Å². The third-order valence-electron chi connectivity index (χ3n) is 6.09. The second-order valence-electron chi connectivity index (χ2n) is 7.99. The summed E-state index contributed by atoms with van der Waals surface area (Å²) in [6.07, 6.45) is 1.91. The van der Waals surface area contributed by atoms with E-state index in [1.807, 2.05) is 53.2 Å². The van der Waals surface area contributed by atoms with Crippen LogP contribution in [0.4, 0.5) is 0 Å². The molecule has 1 aliphatic carbocycles. The molecule has 0 radical (unpaired) electrons. The number of hydrogen-bond donors (Lipinski definition) is 0. The Hall–Kier alpha value is -3.63. The maximum Gasteiger partial charge on any atom is 0.164 e. The highest BCUT2D eigenvalue weighted by atomic mass is 35.5. The van der Waals surface area contributed by atoms with E-state index in [0.29, 0.717) is 5.02 Å². The van der Waals surface area contributed by atoms with Gasteiger partial charge in [0.25, 0.3) is 0 Å². The summed E-state index contributed by atoms with van der Waals surface area (Å²) < 4.78 is 7.37. The lowest BCUT2D eigenvalue weighted by Gasteiger charge is -2.20. The van der Waals surface area contributed by atoms with Crippen LogP contribution in [0, 0.1) is 0 Å². The number of rotatable bonds is 3. The lowest BCUT2D eigenvalue weighted by atomic mass is 9.88. The Balaban J connectivity index is 1.63. The molecule has 1 aliphatic rings. The minimum Gasteiger partial charge on any atom is -0.497 e. The number of hydrogen-bond acceptors (Lipinski definition) is 3. The number of halogens is 1. The number of benzene rings is 3. The minimum atomic E-state index is 0.711. The molecule has 0 atom stereocenters. The van der Waals surface area contributed by atoms with E-state index in [-0.39, 0.29) is 0 Å². The van der Waals surface area contributed by atoms with Crippen molar-refractivity contribution in [3.63, 3.8) is 0 Å². The molecule has 6 rings (SSSR count). The molecule has 2 heterocycles. The van der Waals surface area contributed by atoms with Gasteiger partial charge in [-0.05, 0) is 72.5 Å². The van der Waals surface area contributed by atoms with Crippen molar-refractivity contribution < 1.29 is 4.74 Å². The quantitative estimate of drug-likeness (QED) is 0.323. The number of aryl methyl sites for hydroxylation is 2. The molecule has 0 spiro atoms. The van der Waals surface area contributed by atoms with Gasteiger partial charge in [-0.25, -0.2) is 9.67 Å². The minimum absolute atomic E-state index is 0.711. The largest absolute Gasteiger partial charge is 0.497 e. The number of methoxy groups -OCH3 is 1. The van der Waals surface area contributed by atoms with Crippen LogP contribution in [-0.2, 0) is 12.8 Å². The Morgan fingerprint density at radius 1 is 0.844 bits per heavy atom. The van der Waals surface area contributed by atoms with Crippen LogP contribution in [0.3, 0.4) is 0 Å². The molecule has 0 fully saturated rings. The van der Waals surface area contributed by atoms with Crippen molar-refractivity contribution in [3.8, 4) is 34.0 Å². The van der Waals surface area contributed by atoms with E-state index in [0.717, 1.165) is 52.3 Å². The lowest BCUT2D eigenvalue weighted by Crippen LogP contribution is -2.07. The van der Waals surface area contributed by atoms with Crippen molar-refractivity contribution >= 4 is 22.6 Å². The van der Waals surface area contributed by atoms with Crippen molar-refractivity contribution in [1.29, 1.82) is 0 Å². The van der Waals surface area contributed by atoms with Gasteiger partial charge in [-0.3, -0.25) is 0 Å². The molecule has 0 saturated heterocycles. The van der Waals surface area contributed by atoms with Gasteiger partial charge >= 0.3 is 0 Å². The van der Waals surface area contributed by atoms with E-state index in [4.69, 9.17) is 26.4 Å². The van der Waals surface area contributed by atoms with Crippen LogP contribution in [0.1, 0.15) is 11.1 Å². The van der Waals surface area contributed by atoms with E-state index in [1.54, 1.807) is 7.11 Å². The van der Waals surface area contributed by atoms with E-state index in [2.05, 4.69) is 30.3 Å². The zero-order valence-electron chi connectivity index (χ0n) is 17.5. The van der Waals surface area contributed by atoms with Crippen LogP contribution < -0.4 is 4.74 Å². The first-order valence-electron chi connectivity index (χ1n) is 10.6. The highest BCUT2D eigenvalue weighted by Crippen LogP contribution is 2.38. The van der Waals surface area contributed by atoms with Crippen molar-refractivity contribution in [2.45, 2.75) is 12.8 Å². The van der Waals surface area contributed by atoms with E-state index < -0.39 is 0 Å². The summed E-state index contributed by atoms with van der Waals surface area (Å²) in [6.45, 7) is 0. The normalized spacial score (nSPS) is 12.4. The van der Waals surface area contributed by atoms with Crippen LogP contribution in [0.15, 0.2) is 78.9 Å². The van der Waals surface area contributed by atoms with Gasteiger partial charge in [0, 0.05) is 21.5 Å². The summed E-state index contributed by atoms with van der Waals surface area (Å²) in [5.74, 6) is 0.882. The Morgan fingerprint density at radius 2 is 1.62 bits per heavy atom. The van der Waals surface area contributed by atoms with Crippen LogP contribution in [0.5, 0.6) is 5.75 Å². The zero-order chi connectivity index (χ0) is 21.7. The van der Waals surface area contributed by atoms with Crippen molar-refractivity contribution in [1.82, 2.24) is 14.8 Å². The smallest absolute Gasteiger partial charge is 0.164 e. The number of aromatic nitrogens is 3. The standard InChI is InChI=1S/C27H20ClN3O/c1-32-22-13-14-23-18(15-22)7-8-19-16-24-26(17-9-11-20(28)12-10-17)30-31(27(24)29-25(19)23)21-5-3-2-4-6-21/h2-6,9-16H,7-8H2,1H3. The van der Waals surface area contributed by atoms with Gasteiger partial charge < -0.3 is 4.74 Å². The Bertz CT molecular complexity index is 1460. The fourth-order valence-corrected chi connectivity index (χ4v) is 4.61. The third kappa shape index (κ3) is 3.07. The lowest BCUT2D eigenvalue weighted by molar-refractivity contribution is 0.414. The molecule has 0 unspecified atom stereocenters. The predicted octanol–water partition coefficient (Wildman–Crippen LogP) is 6.52. The van der Waals surface area contributed by atoms with Gasteiger partial charge in [0.1, 0.15) is 11.4 Å². The first-order valence-corrected chi connectivity index (χ1v) is 11.0. The summed E-state index contributed by atoms with van der Waals surface area (Å²) in [4.78, 5) is 5.19. The maximum atomic E-state index is 6.14. The number of ether oxygens (including phenoxy) is 1. The van der Waals surface area contributed by atoms with Gasteiger partial charge in [-0.1, -0.05) is 41.9 Å². The van der Waals surface area contributed by atoms with Gasteiger partial charge in [0.15, 0.2) is 5.65 Å². The first-order chi connectivity index (χ1) is 15.7. The van der Waals surface area contributed by atoms with Gasteiger partial charge in [-0.2, -0.15) is 5.10 Å². The van der Waals surface area contributed by atoms with E-state index in [1.165, 1.54) is 16.7 Å². The zero-order valence-corrected chi connectivity index (χ0v) is 18.3. The van der Waals surface area contributed by atoms with Crippen molar-refractivity contribution in [3.05, 3.63) is 95.0 Å². The molecule has 156 valence electrons. The Morgan fingerprint density at radius 3 is 2.41 bits per heavy atom. The second-order valence-corrected chi connectivity index (χ2v) is 8.43. The predicted molar refractivity (Wildman–Crippen MR) is 129 cm³/mol. The maximum absolute atomic E-state index is 6.14. The molecule has 0 saturated carbocycles. The van der Waals surface area contributed by atoms with E-state index in [9.17, 15) is 0 Å². The highest BCUT2D eigenvalue weighted by Gasteiger charge is 2.23. The fourth-order valence-electron chi connectivity index (χ4n) is 4.48. The number of para-hydroxylation sites is 1. The molecular formula is C27H20ClN3O. The summed E-state index contributed by atoms with van der Waals surface area (Å²) in [7, 11) is 1.71. The van der Waals surface area contributed by atoms with Gasteiger partial charge in [0.2, 0.25) is 0 Å². The summed E-state index contributed by atoms with van der Waals surface area (Å²) in [5.41, 5.74) is 8.49. The van der Waals surface area contributed by atoms with E-state index >= 15 is 0 Å². The molecule has 0 N–H and O–H groups in total. The van der Waals surface area contributed by atoms with Crippen molar-refractivity contribution in [2.24, 2.45) is 0 Å². The average molecular weight is 438 g/mol. The SMILES string of the molecule is COc1ccc2c(c1)CCc1cc3c(-c4ccc(Cl)cc4)nn(-c4ccccc4)c3nc1-2. The molecule has 5 aromatic rings. The Kier molecular flexibility index (Phi) is 4.47. The second kappa shape index (κ2) is 7.50. The molecule has 0 bridgehead atoms. The number of nitrogens with zero attached hydrogens (tertiary/aromatic N) is 3. The Labute approximate surface area is 191 Å². The van der Waals surface area contributed by atoms with Crippen LogP contribution in [0.2, 0.25) is 5.02 Å². The summed E-state index contributed by atoms with van der Waals surface area (Å²) >= 11 is 6.14. The average Bonchev–Trinajstić information content (AvgIpc) is 3.22. The van der Waals surface area contributed by atoms with Gasteiger partial charge in [-0.15, -0.1) is 0 Å². The fraction of sp³-hybridized carbons (Fsp3) is 0.111. The number of fused-ring (bicyclic) bond motifs is 4. The molecular weight excluding hydrogens is 418 g/mol. The van der Waals surface area contributed by atoms with Crippen molar-refractivity contribution in [2.75, 3.05) is 7.11 Å². The molecule has 4 nitrogen and oxygen atoms in total. The van der Waals surface area contributed by atoms with Crippen LogP contribution in [-0.4, -0.2) is 21.9 Å². The first kappa shape index (κ1) is 19.1. The highest BCUT2D eigenvalue weighted by molar-refractivity contribution is 6.30.